The number of nitro benzene ring substituents is 1. The van der Waals surface area contributed by atoms with E-state index in [1.165, 1.54) is 19.2 Å². The molecule has 0 saturated carbocycles. The van der Waals surface area contributed by atoms with Crippen molar-refractivity contribution in [3.05, 3.63) is 75.3 Å². The Morgan fingerprint density at radius 1 is 1.25 bits per heavy atom. The van der Waals surface area contributed by atoms with Crippen molar-refractivity contribution >= 4 is 23.4 Å². The summed E-state index contributed by atoms with van der Waals surface area (Å²) < 4.78 is 4.81. The first-order valence-electron chi connectivity index (χ1n) is 7.44. The number of fused-ring (bicyclic) bond motifs is 1. The number of hydrogen-bond donors (Lipinski definition) is 0. The van der Waals surface area contributed by atoms with E-state index >= 15 is 0 Å². The van der Waals surface area contributed by atoms with Crippen LogP contribution in [0.3, 0.4) is 0 Å². The number of nitro groups is 1. The predicted octanol–water partition coefficient (Wildman–Crippen LogP) is 3.17. The van der Waals surface area contributed by atoms with Gasteiger partial charge in [0.1, 0.15) is 0 Å². The molecule has 122 valence electrons. The third kappa shape index (κ3) is 3.12. The normalized spacial score (nSPS) is 13.0. The Kier molecular flexibility index (Phi) is 4.29. The quantitative estimate of drug-likeness (QED) is 0.491. The molecule has 1 aliphatic rings. The van der Waals surface area contributed by atoms with Crippen molar-refractivity contribution in [2.75, 3.05) is 18.6 Å². The zero-order valence-corrected chi connectivity index (χ0v) is 13.1. The van der Waals surface area contributed by atoms with Gasteiger partial charge in [-0.05, 0) is 17.7 Å². The van der Waals surface area contributed by atoms with Gasteiger partial charge in [-0.15, -0.1) is 0 Å². The van der Waals surface area contributed by atoms with Crippen LogP contribution in [-0.2, 0) is 16.1 Å². The molecule has 2 aromatic carbocycles. The molecule has 0 N–H and O–H groups in total. The molecule has 6 heteroatoms. The molecule has 0 saturated heterocycles. The van der Waals surface area contributed by atoms with Crippen LogP contribution in [0.25, 0.3) is 6.08 Å². The number of carbonyl (C=O) groups excluding carboxylic acids is 1. The Balaban J connectivity index is 2.01. The molecule has 2 aromatic rings. The monoisotopic (exact) mass is 324 g/mol. The second-order valence-corrected chi connectivity index (χ2v) is 5.50. The fourth-order valence-electron chi connectivity index (χ4n) is 2.78. The third-order valence-corrected chi connectivity index (χ3v) is 3.92. The largest absolute Gasteiger partial charge is 0.466 e. The average molecular weight is 324 g/mol. The summed E-state index contributed by atoms with van der Waals surface area (Å²) in [5.41, 5.74) is 3.06. The van der Waals surface area contributed by atoms with E-state index in [0.717, 1.165) is 11.3 Å². The van der Waals surface area contributed by atoms with E-state index in [9.17, 15) is 14.9 Å². The van der Waals surface area contributed by atoms with E-state index in [-0.39, 0.29) is 5.69 Å². The molecule has 0 aliphatic carbocycles. The first-order chi connectivity index (χ1) is 11.6. The summed E-state index contributed by atoms with van der Waals surface area (Å²) in [6.45, 7) is 0.992. The maximum Gasteiger partial charge on any atom is 0.335 e. The van der Waals surface area contributed by atoms with Crippen LogP contribution in [0, 0.1) is 10.1 Å². The topological polar surface area (TPSA) is 72.7 Å². The van der Waals surface area contributed by atoms with Gasteiger partial charge in [-0.2, -0.15) is 0 Å². The van der Waals surface area contributed by atoms with E-state index in [4.69, 9.17) is 4.74 Å². The first kappa shape index (κ1) is 15.7. The van der Waals surface area contributed by atoms with Crippen molar-refractivity contribution in [2.24, 2.45) is 0 Å². The lowest BCUT2D eigenvalue weighted by molar-refractivity contribution is -0.384. The van der Waals surface area contributed by atoms with Crippen LogP contribution in [0.15, 0.2) is 54.1 Å². The van der Waals surface area contributed by atoms with Crippen molar-refractivity contribution in [2.45, 2.75) is 6.54 Å². The third-order valence-electron chi connectivity index (χ3n) is 3.92. The number of nitrogens with zero attached hydrogens (tertiary/aromatic N) is 2. The maximum absolute atomic E-state index is 11.9. The number of benzene rings is 2. The van der Waals surface area contributed by atoms with E-state index in [1.807, 2.05) is 35.2 Å². The van der Waals surface area contributed by atoms with Gasteiger partial charge in [0.2, 0.25) is 0 Å². The Morgan fingerprint density at radius 3 is 2.67 bits per heavy atom. The average Bonchev–Trinajstić information content (AvgIpc) is 2.61. The van der Waals surface area contributed by atoms with Crippen molar-refractivity contribution in [3.8, 4) is 0 Å². The molecule has 0 atom stereocenters. The Labute approximate surface area is 139 Å². The molecule has 0 aromatic heterocycles. The van der Waals surface area contributed by atoms with Gasteiger partial charge in [-0.3, -0.25) is 10.1 Å². The van der Waals surface area contributed by atoms with Crippen LogP contribution in [0.4, 0.5) is 11.4 Å². The highest BCUT2D eigenvalue weighted by molar-refractivity contribution is 5.97. The van der Waals surface area contributed by atoms with Crippen molar-refractivity contribution in [1.82, 2.24) is 0 Å². The molecule has 0 unspecified atom stereocenters. The Morgan fingerprint density at radius 2 is 2.00 bits per heavy atom. The fraction of sp³-hybridized carbons (Fsp3) is 0.167. The number of rotatable bonds is 4. The van der Waals surface area contributed by atoms with Gasteiger partial charge >= 0.3 is 5.97 Å². The Hall–Kier alpha value is -3.15. The lowest BCUT2D eigenvalue weighted by atomic mass is 10.0. The van der Waals surface area contributed by atoms with E-state index in [1.54, 1.807) is 12.1 Å². The molecule has 1 aliphatic heterocycles. The molecule has 0 amide bonds. The fourth-order valence-corrected chi connectivity index (χ4v) is 2.78. The van der Waals surface area contributed by atoms with Crippen LogP contribution in [-0.4, -0.2) is 24.5 Å². The number of hydrogen-bond acceptors (Lipinski definition) is 5. The van der Waals surface area contributed by atoms with E-state index in [2.05, 4.69) is 0 Å². The summed E-state index contributed by atoms with van der Waals surface area (Å²) in [4.78, 5) is 24.5. The molecular weight excluding hydrogens is 308 g/mol. The van der Waals surface area contributed by atoms with Crippen LogP contribution >= 0.6 is 0 Å². The predicted molar refractivity (Wildman–Crippen MR) is 90.6 cm³/mol. The molecule has 0 radical (unpaired) electrons. The van der Waals surface area contributed by atoms with Gasteiger partial charge in [0.25, 0.3) is 5.69 Å². The second-order valence-electron chi connectivity index (χ2n) is 5.50. The lowest BCUT2D eigenvalue weighted by Crippen LogP contribution is -2.31. The summed E-state index contributed by atoms with van der Waals surface area (Å²) in [7, 11) is 1.33. The summed E-state index contributed by atoms with van der Waals surface area (Å²) in [5.74, 6) is -0.426. The van der Waals surface area contributed by atoms with Crippen LogP contribution < -0.4 is 4.90 Å². The molecule has 24 heavy (non-hydrogen) atoms. The van der Waals surface area contributed by atoms with Gasteiger partial charge in [-0.1, -0.05) is 30.3 Å². The number of methoxy groups -OCH3 is 1. The maximum atomic E-state index is 11.9. The summed E-state index contributed by atoms with van der Waals surface area (Å²) in [5, 5.41) is 11.0. The molecule has 0 bridgehead atoms. The second kappa shape index (κ2) is 6.54. The molecule has 1 heterocycles. The number of non-ortho nitro benzene ring substituents is 1. The zero-order chi connectivity index (χ0) is 17.1. The SMILES string of the molecule is COC(=O)C1=Cc2cc([N+](=O)[O-])ccc2N(Cc2ccccc2)C1. The standard InChI is InChI=1S/C18H16N2O4/c1-24-18(21)15-9-14-10-16(20(22)23)7-8-17(14)19(12-15)11-13-5-3-2-4-6-13/h2-10H,11-12H2,1H3. The van der Waals surface area contributed by atoms with Crippen LogP contribution in [0.1, 0.15) is 11.1 Å². The van der Waals surface area contributed by atoms with Gasteiger partial charge in [0.05, 0.1) is 24.2 Å². The lowest BCUT2D eigenvalue weighted by Gasteiger charge is -2.30. The van der Waals surface area contributed by atoms with E-state index < -0.39 is 10.9 Å². The zero-order valence-electron chi connectivity index (χ0n) is 13.1. The van der Waals surface area contributed by atoms with Crippen molar-refractivity contribution in [1.29, 1.82) is 0 Å². The minimum Gasteiger partial charge on any atom is -0.466 e. The first-order valence-corrected chi connectivity index (χ1v) is 7.44. The number of esters is 1. The Bertz CT molecular complexity index is 815. The summed E-state index contributed by atoms with van der Waals surface area (Å²) >= 11 is 0. The molecule has 0 spiro atoms. The van der Waals surface area contributed by atoms with Gasteiger partial charge in [-0.25, -0.2) is 4.79 Å². The molecule has 3 rings (SSSR count). The number of carbonyl (C=O) groups is 1. The summed E-state index contributed by atoms with van der Waals surface area (Å²) in [6, 6.07) is 14.5. The highest BCUT2D eigenvalue weighted by Gasteiger charge is 2.24. The molecule has 6 nitrogen and oxygen atoms in total. The number of ether oxygens (including phenoxy) is 1. The molecular formula is C18H16N2O4. The summed E-state index contributed by atoms with van der Waals surface area (Å²) in [6.07, 6.45) is 1.66. The van der Waals surface area contributed by atoms with Crippen LogP contribution in [0.2, 0.25) is 0 Å². The van der Waals surface area contributed by atoms with Gasteiger partial charge in [0, 0.05) is 29.9 Å². The van der Waals surface area contributed by atoms with Gasteiger partial charge in [0.15, 0.2) is 0 Å². The van der Waals surface area contributed by atoms with Crippen LogP contribution in [0.5, 0.6) is 0 Å². The van der Waals surface area contributed by atoms with Crippen molar-refractivity contribution in [3.63, 3.8) is 0 Å². The highest BCUT2D eigenvalue weighted by Crippen LogP contribution is 2.33. The molecule has 0 fully saturated rings. The van der Waals surface area contributed by atoms with Gasteiger partial charge < -0.3 is 9.64 Å². The smallest absolute Gasteiger partial charge is 0.335 e. The highest BCUT2D eigenvalue weighted by atomic mass is 16.6. The van der Waals surface area contributed by atoms with E-state index in [0.29, 0.717) is 24.2 Å². The minimum atomic E-state index is -0.442. The number of anilines is 1. The minimum absolute atomic E-state index is 0.00391. The van der Waals surface area contributed by atoms with Crippen molar-refractivity contribution < 1.29 is 14.5 Å².